The van der Waals surface area contributed by atoms with Gasteiger partial charge in [-0.05, 0) is 85.1 Å². The molecule has 42 heavy (non-hydrogen) atoms. The number of hydrazine groups is 1. The highest BCUT2D eigenvalue weighted by Crippen LogP contribution is 2.40. The van der Waals surface area contributed by atoms with Crippen LogP contribution in [-0.2, 0) is 29.1 Å². The second kappa shape index (κ2) is 11.7. The zero-order valence-corrected chi connectivity index (χ0v) is 26.4. The van der Waals surface area contributed by atoms with Crippen molar-refractivity contribution in [3.05, 3.63) is 24.3 Å². The fraction of sp³-hybridized carbons (Fsp3) is 0.690. The predicted octanol–water partition coefficient (Wildman–Crippen LogP) is 2.34. The van der Waals surface area contributed by atoms with Crippen molar-refractivity contribution in [2.45, 2.75) is 107 Å². The summed E-state index contributed by atoms with van der Waals surface area (Å²) in [5.74, 6) is -1.01. The second-order valence-corrected chi connectivity index (χ2v) is 15.4. The van der Waals surface area contributed by atoms with E-state index in [1.165, 1.54) is 4.31 Å². The maximum absolute atomic E-state index is 13.1. The summed E-state index contributed by atoms with van der Waals surface area (Å²) in [5, 5.41) is 18.1. The Balaban J connectivity index is 1.54. The molecule has 0 spiro atoms. The molecule has 0 saturated carbocycles. The second-order valence-electron chi connectivity index (χ2n) is 13.4. The van der Waals surface area contributed by atoms with Crippen molar-refractivity contribution in [3.8, 4) is 6.07 Å². The average molecular weight is 605 g/mol. The number of fused-ring (bicyclic) bond motifs is 1. The van der Waals surface area contributed by atoms with Crippen LogP contribution in [-0.4, -0.2) is 84.8 Å². The van der Waals surface area contributed by atoms with Gasteiger partial charge < -0.3 is 20.1 Å². The quantitative estimate of drug-likeness (QED) is 0.395. The van der Waals surface area contributed by atoms with Crippen LogP contribution in [0.3, 0.4) is 0 Å². The molecule has 5 atom stereocenters. The largest absolute Gasteiger partial charge is 0.458 e. The van der Waals surface area contributed by atoms with Gasteiger partial charge in [0.2, 0.25) is 15.9 Å². The summed E-state index contributed by atoms with van der Waals surface area (Å²) in [6.45, 7) is 11.5. The van der Waals surface area contributed by atoms with E-state index in [0.29, 0.717) is 31.5 Å². The van der Waals surface area contributed by atoms with Crippen LogP contribution in [0.25, 0.3) is 0 Å². The number of carbonyl (C=O) groups excluding carboxylic acids is 2. The number of nitrogens with zero attached hydrogens (tertiary/aromatic N) is 3. The Hall–Kier alpha value is -2.76. The van der Waals surface area contributed by atoms with Gasteiger partial charge in [-0.2, -0.15) is 9.57 Å². The normalized spacial score (nSPS) is 29.0. The van der Waals surface area contributed by atoms with Crippen LogP contribution in [0.2, 0.25) is 0 Å². The molecule has 0 bridgehead atoms. The third kappa shape index (κ3) is 6.58. The Morgan fingerprint density at radius 1 is 1.21 bits per heavy atom. The fourth-order valence-electron chi connectivity index (χ4n) is 5.76. The number of esters is 1. The molecule has 0 aromatic heterocycles. The molecule has 3 heterocycles. The maximum Gasteiger partial charge on any atom is 0.335 e. The number of anilines is 1. The Labute approximate surface area is 249 Å². The van der Waals surface area contributed by atoms with Crippen molar-refractivity contribution in [1.82, 2.24) is 20.1 Å². The Kier molecular flexibility index (Phi) is 8.98. The first kappa shape index (κ1) is 32.2. The lowest BCUT2D eigenvalue weighted by molar-refractivity contribution is -0.180. The zero-order chi connectivity index (χ0) is 31.1. The Morgan fingerprint density at radius 3 is 2.43 bits per heavy atom. The summed E-state index contributed by atoms with van der Waals surface area (Å²) >= 11 is 0. The highest BCUT2D eigenvalue weighted by atomic mass is 32.2. The molecule has 13 heteroatoms. The summed E-state index contributed by atoms with van der Waals surface area (Å²) in [6.07, 6.45) is 0.463. The molecule has 3 aliphatic heterocycles. The highest BCUT2D eigenvalue weighted by Gasteiger charge is 2.56. The first-order valence-corrected chi connectivity index (χ1v) is 15.8. The molecule has 3 N–H and O–H groups in total. The molecule has 12 nitrogen and oxygen atoms in total. The summed E-state index contributed by atoms with van der Waals surface area (Å²) in [6, 6.07) is 8.54. The van der Waals surface area contributed by atoms with E-state index in [-0.39, 0.29) is 29.9 Å². The van der Waals surface area contributed by atoms with Gasteiger partial charge in [0.15, 0.2) is 6.10 Å². The number of benzene rings is 1. The molecule has 0 aliphatic carbocycles. The van der Waals surface area contributed by atoms with Crippen LogP contribution < -0.4 is 16.1 Å². The van der Waals surface area contributed by atoms with Gasteiger partial charge in [-0.1, -0.05) is 0 Å². The summed E-state index contributed by atoms with van der Waals surface area (Å²) in [4.78, 5) is 26.0. The van der Waals surface area contributed by atoms with E-state index in [1.54, 1.807) is 52.1 Å². The number of hydrogen-bond acceptors (Lipinski definition) is 10. The summed E-state index contributed by atoms with van der Waals surface area (Å²) in [5.41, 5.74) is 2.14. The van der Waals surface area contributed by atoms with Crippen LogP contribution in [0.15, 0.2) is 29.2 Å². The number of nitriles is 1. The average Bonchev–Trinajstić information content (AvgIpc) is 3.27. The predicted molar refractivity (Wildman–Crippen MR) is 156 cm³/mol. The minimum absolute atomic E-state index is 0.111. The van der Waals surface area contributed by atoms with E-state index in [2.05, 4.69) is 22.1 Å². The maximum atomic E-state index is 13.1. The molecule has 3 unspecified atom stereocenters. The molecular formula is C29H44N6O6S. The molecule has 1 amide bonds. The van der Waals surface area contributed by atoms with Gasteiger partial charge in [0.05, 0.1) is 35.4 Å². The van der Waals surface area contributed by atoms with Crippen molar-refractivity contribution < 1.29 is 27.5 Å². The summed E-state index contributed by atoms with van der Waals surface area (Å²) < 4.78 is 39.0. The number of piperidine rings is 1. The van der Waals surface area contributed by atoms with Gasteiger partial charge >= 0.3 is 5.97 Å². The molecule has 1 aromatic carbocycles. The number of ether oxygens (including phenoxy) is 2. The monoisotopic (exact) mass is 604 g/mol. The number of nitrogens with one attached hydrogen (secondary N) is 3. The van der Waals surface area contributed by atoms with Crippen molar-refractivity contribution in [2.24, 2.45) is 5.92 Å². The molecule has 4 rings (SSSR count). The van der Waals surface area contributed by atoms with Gasteiger partial charge in [0.25, 0.3) is 0 Å². The van der Waals surface area contributed by atoms with E-state index >= 15 is 0 Å². The molecule has 0 radical (unpaired) electrons. The fourth-order valence-corrected chi connectivity index (χ4v) is 7.28. The lowest BCUT2D eigenvalue weighted by atomic mass is 9.83. The number of rotatable bonds is 7. The van der Waals surface area contributed by atoms with Crippen LogP contribution in [0.5, 0.6) is 0 Å². The molecule has 1 aromatic rings. The third-order valence-electron chi connectivity index (χ3n) is 8.22. The van der Waals surface area contributed by atoms with Gasteiger partial charge in [-0.3, -0.25) is 4.79 Å². The molecular weight excluding hydrogens is 560 g/mol. The van der Waals surface area contributed by atoms with Crippen LogP contribution in [0, 0.1) is 17.2 Å². The molecule has 3 fully saturated rings. The van der Waals surface area contributed by atoms with E-state index in [1.807, 2.05) is 25.8 Å². The standard InChI is InChI=1S/C29H44N6O6S/c1-27(2,3)34(7)42(38,39)20-10-8-19(9-11-20)32-24-23-21(13-17-31-25(23)36)35(33-24)29(15-16-30)14-12-22(40-18-29)26(37)41-28(4,5)6/h8-11,21-24,32-33H,12-15,17-18H2,1-7H3,(H,31,36)/t21?,22-,23?,24?,29-/m0/s1. The van der Waals surface area contributed by atoms with Crippen LogP contribution >= 0.6 is 0 Å². The first-order chi connectivity index (χ1) is 19.5. The van der Waals surface area contributed by atoms with Crippen molar-refractivity contribution in [2.75, 3.05) is 25.5 Å². The SMILES string of the molecule is CN(C(C)(C)C)S(=O)(=O)c1ccc(NC2NN([C@]3(CC#N)CC[C@@H](C(=O)OC(C)(C)C)OC3)C3CCNC(=O)C23)cc1. The van der Waals surface area contributed by atoms with Crippen LogP contribution in [0.4, 0.5) is 5.69 Å². The van der Waals surface area contributed by atoms with Gasteiger partial charge in [0, 0.05) is 30.9 Å². The van der Waals surface area contributed by atoms with Gasteiger partial charge in [-0.25, -0.2) is 23.6 Å². The highest BCUT2D eigenvalue weighted by molar-refractivity contribution is 7.89. The lowest BCUT2D eigenvalue weighted by Gasteiger charge is -2.47. The van der Waals surface area contributed by atoms with Gasteiger partial charge in [0.1, 0.15) is 11.8 Å². The minimum Gasteiger partial charge on any atom is -0.458 e. The lowest BCUT2D eigenvalue weighted by Crippen LogP contribution is -2.63. The van der Waals surface area contributed by atoms with E-state index in [9.17, 15) is 23.3 Å². The smallest absolute Gasteiger partial charge is 0.335 e. The number of carbonyl (C=O) groups is 2. The topological polar surface area (TPSA) is 153 Å². The third-order valence-corrected chi connectivity index (χ3v) is 10.4. The van der Waals surface area contributed by atoms with Crippen LogP contribution in [0.1, 0.15) is 67.2 Å². The first-order valence-electron chi connectivity index (χ1n) is 14.4. The number of hydrogen-bond donors (Lipinski definition) is 3. The molecule has 3 saturated heterocycles. The Bertz CT molecular complexity index is 1310. The van der Waals surface area contributed by atoms with Crippen molar-refractivity contribution in [3.63, 3.8) is 0 Å². The molecule has 3 aliphatic rings. The number of amides is 1. The van der Waals surface area contributed by atoms with E-state index in [0.717, 1.165) is 0 Å². The Morgan fingerprint density at radius 2 is 1.88 bits per heavy atom. The van der Waals surface area contributed by atoms with E-state index in [4.69, 9.17) is 9.47 Å². The van der Waals surface area contributed by atoms with E-state index < -0.39 is 50.9 Å². The van der Waals surface area contributed by atoms with Crippen molar-refractivity contribution in [1.29, 1.82) is 5.26 Å². The minimum atomic E-state index is -3.69. The summed E-state index contributed by atoms with van der Waals surface area (Å²) in [7, 11) is -2.13. The zero-order valence-electron chi connectivity index (χ0n) is 25.6. The van der Waals surface area contributed by atoms with Gasteiger partial charge in [-0.15, -0.1) is 0 Å². The number of sulfonamides is 1. The molecule has 232 valence electrons. The van der Waals surface area contributed by atoms with Crippen molar-refractivity contribution >= 4 is 27.6 Å².